The first-order valence-electron chi connectivity index (χ1n) is 5.08. The van der Waals surface area contributed by atoms with Crippen LogP contribution in [0.4, 0.5) is 0 Å². The molecule has 2 aliphatic carbocycles. The third-order valence-electron chi connectivity index (χ3n) is 3.52. The standard InChI is InChI=1S/C10H14O3/c1-9-5-2-6-10(9,13-9)8(11)12-7-3-4-7/h7H,2-6H2,1H3. The fourth-order valence-corrected chi connectivity index (χ4v) is 2.39. The molecule has 3 fully saturated rings. The van der Waals surface area contributed by atoms with Crippen molar-refractivity contribution in [2.75, 3.05) is 0 Å². The summed E-state index contributed by atoms with van der Waals surface area (Å²) in [6.45, 7) is 2.02. The Hall–Kier alpha value is -0.570. The van der Waals surface area contributed by atoms with Crippen molar-refractivity contribution in [2.45, 2.75) is 56.3 Å². The Kier molecular flexibility index (Phi) is 1.25. The highest BCUT2D eigenvalue weighted by molar-refractivity contribution is 5.85. The second-order valence-corrected chi connectivity index (χ2v) is 4.62. The predicted molar refractivity (Wildman–Crippen MR) is 45.2 cm³/mol. The first-order valence-corrected chi connectivity index (χ1v) is 5.08. The Morgan fingerprint density at radius 2 is 2.23 bits per heavy atom. The van der Waals surface area contributed by atoms with Gasteiger partial charge in [0.25, 0.3) is 0 Å². The minimum absolute atomic E-state index is 0.102. The number of carbonyl (C=O) groups excluding carboxylic acids is 1. The van der Waals surface area contributed by atoms with Gasteiger partial charge in [0.2, 0.25) is 0 Å². The van der Waals surface area contributed by atoms with E-state index in [4.69, 9.17) is 9.47 Å². The average Bonchev–Trinajstić information content (AvgIpc) is 2.94. The van der Waals surface area contributed by atoms with E-state index < -0.39 is 5.60 Å². The summed E-state index contributed by atoms with van der Waals surface area (Å²) < 4.78 is 10.8. The summed E-state index contributed by atoms with van der Waals surface area (Å²) in [5.74, 6) is -0.102. The summed E-state index contributed by atoms with van der Waals surface area (Å²) in [4.78, 5) is 11.7. The van der Waals surface area contributed by atoms with E-state index in [2.05, 4.69) is 0 Å². The monoisotopic (exact) mass is 182 g/mol. The Morgan fingerprint density at radius 1 is 1.46 bits per heavy atom. The van der Waals surface area contributed by atoms with E-state index in [0.717, 1.165) is 32.1 Å². The molecule has 3 aliphatic rings. The van der Waals surface area contributed by atoms with Gasteiger partial charge in [0, 0.05) is 0 Å². The van der Waals surface area contributed by atoms with Gasteiger partial charge in [-0.25, -0.2) is 4.79 Å². The van der Waals surface area contributed by atoms with Crippen molar-refractivity contribution in [1.82, 2.24) is 0 Å². The van der Waals surface area contributed by atoms with Crippen molar-refractivity contribution in [3.8, 4) is 0 Å². The van der Waals surface area contributed by atoms with Crippen LogP contribution in [0.1, 0.15) is 39.0 Å². The van der Waals surface area contributed by atoms with Crippen LogP contribution in [0.5, 0.6) is 0 Å². The maximum absolute atomic E-state index is 11.7. The Bertz CT molecular complexity index is 267. The van der Waals surface area contributed by atoms with Crippen LogP contribution < -0.4 is 0 Å². The maximum atomic E-state index is 11.7. The van der Waals surface area contributed by atoms with Gasteiger partial charge in [-0.1, -0.05) is 0 Å². The quantitative estimate of drug-likeness (QED) is 0.478. The number of carbonyl (C=O) groups is 1. The van der Waals surface area contributed by atoms with Crippen molar-refractivity contribution in [3.05, 3.63) is 0 Å². The number of hydrogen-bond acceptors (Lipinski definition) is 3. The van der Waals surface area contributed by atoms with Crippen LogP contribution in [-0.2, 0) is 14.3 Å². The van der Waals surface area contributed by atoms with Crippen LogP contribution in [0.3, 0.4) is 0 Å². The third-order valence-corrected chi connectivity index (χ3v) is 3.52. The zero-order valence-corrected chi connectivity index (χ0v) is 7.84. The van der Waals surface area contributed by atoms with Gasteiger partial charge < -0.3 is 9.47 Å². The van der Waals surface area contributed by atoms with E-state index in [1.165, 1.54) is 0 Å². The lowest BCUT2D eigenvalue weighted by molar-refractivity contribution is -0.151. The van der Waals surface area contributed by atoms with Gasteiger partial charge in [0.15, 0.2) is 5.60 Å². The number of hydrogen-bond donors (Lipinski definition) is 0. The molecule has 3 rings (SSSR count). The van der Waals surface area contributed by atoms with E-state index in [0.29, 0.717) is 0 Å². The Balaban J connectivity index is 1.74. The summed E-state index contributed by atoms with van der Waals surface area (Å²) in [5, 5.41) is 0. The van der Waals surface area contributed by atoms with Gasteiger partial charge in [-0.3, -0.25) is 0 Å². The second kappa shape index (κ2) is 2.08. The van der Waals surface area contributed by atoms with E-state index in [1.54, 1.807) is 0 Å². The second-order valence-electron chi connectivity index (χ2n) is 4.62. The lowest BCUT2D eigenvalue weighted by Gasteiger charge is -2.08. The molecule has 2 unspecified atom stereocenters. The lowest BCUT2D eigenvalue weighted by atomic mass is 9.99. The highest BCUT2D eigenvalue weighted by atomic mass is 16.7. The zero-order valence-electron chi connectivity index (χ0n) is 7.84. The van der Waals surface area contributed by atoms with Gasteiger partial charge in [-0.2, -0.15) is 0 Å². The Labute approximate surface area is 77.4 Å². The van der Waals surface area contributed by atoms with Crippen LogP contribution in [-0.4, -0.2) is 23.3 Å². The molecular formula is C10H14O3. The molecule has 3 heteroatoms. The first kappa shape index (κ1) is 7.80. The normalized spacial score (nSPS) is 47.2. The molecule has 1 aliphatic heterocycles. The number of epoxide rings is 1. The minimum Gasteiger partial charge on any atom is -0.460 e. The fourth-order valence-electron chi connectivity index (χ4n) is 2.39. The SMILES string of the molecule is CC12CCCC1(C(=O)OC1CC1)O2. The molecule has 0 radical (unpaired) electrons. The lowest BCUT2D eigenvalue weighted by Crippen LogP contribution is -2.30. The molecule has 1 saturated heterocycles. The molecule has 0 aromatic heterocycles. The Morgan fingerprint density at radius 3 is 2.69 bits per heavy atom. The molecule has 0 bridgehead atoms. The van der Waals surface area contributed by atoms with Gasteiger partial charge in [-0.05, 0) is 39.0 Å². The molecule has 13 heavy (non-hydrogen) atoms. The molecule has 0 amide bonds. The topological polar surface area (TPSA) is 38.8 Å². The minimum atomic E-state index is -0.532. The molecule has 2 atom stereocenters. The number of fused-ring (bicyclic) bond motifs is 1. The molecule has 72 valence electrons. The van der Waals surface area contributed by atoms with Crippen LogP contribution in [0, 0.1) is 0 Å². The summed E-state index contributed by atoms with van der Waals surface area (Å²) in [6, 6.07) is 0. The molecule has 3 nitrogen and oxygen atoms in total. The third kappa shape index (κ3) is 0.909. The van der Waals surface area contributed by atoms with Crippen LogP contribution in [0.2, 0.25) is 0 Å². The summed E-state index contributed by atoms with van der Waals surface area (Å²) >= 11 is 0. The average molecular weight is 182 g/mol. The van der Waals surface area contributed by atoms with E-state index in [9.17, 15) is 4.79 Å². The number of esters is 1. The van der Waals surface area contributed by atoms with Crippen molar-refractivity contribution in [2.24, 2.45) is 0 Å². The molecule has 0 aromatic carbocycles. The molecule has 0 N–H and O–H groups in total. The summed E-state index contributed by atoms with van der Waals surface area (Å²) in [7, 11) is 0. The van der Waals surface area contributed by atoms with Gasteiger partial charge >= 0.3 is 5.97 Å². The first-order chi connectivity index (χ1) is 6.16. The van der Waals surface area contributed by atoms with E-state index in [-0.39, 0.29) is 17.7 Å². The van der Waals surface area contributed by atoms with Gasteiger partial charge in [-0.15, -0.1) is 0 Å². The van der Waals surface area contributed by atoms with Gasteiger partial charge in [0.05, 0.1) is 0 Å². The number of rotatable bonds is 2. The molecule has 1 heterocycles. The van der Waals surface area contributed by atoms with Crippen LogP contribution in [0.25, 0.3) is 0 Å². The highest BCUT2D eigenvalue weighted by Gasteiger charge is 2.75. The predicted octanol–water partition coefficient (Wildman–Crippen LogP) is 1.40. The van der Waals surface area contributed by atoms with Crippen molar-refractivity contribution in [1.29, 1.82) is 0 Å². The van der Waals surface area contributed by atoms with Crippen molar-refractivity contribution in [3.63, 3.8) is 0 Å². The van der Waals surface area contributed by atoms with Crippen molar-refractivity contribution >= 4 is 5.97 Å². The summed E-state index contributed by atoms with van der Waals surface area (Å²) in [6.07, 6.45) is 5.24. The van der Waals surface area contributed by atoms with E-state index >= 15 is 0 Å². The smallest absolute Gasteiger partial charge is 0.341 e. The molecule has 0 spiro atoms. The van der Waals surface area contributed by atoms with Gasteiger partial charge in [0.1, 0.15) is 11.7 Å². The largest absolute Gasteiger partial charge is 0.460 e. The van der Waals surface area contributed by atoms with E-state index in [1.807, 2.05) is 6.92 Å². The fraction of sp³-hybridized carbons (Fsp3) is 0.900. The van der Waals surface area contributed by atoms with Crippen molar-refractivity contribution < 1.29 is 14.3 Å². The molecule has 0 aromatic rings. The zero-order chi connectivity index (χ0) is 9.10. The van der Waals surface area contributed by atoms with Crippen LogP contribution in [0.15, 0.2) is 0 Å². The molecular weight excluding hydrogens is 168 g/mol. The summed E-state index contributed by atoms with van der Waals surface area (Å²) in [5.41, 5.74) is -0.714. The van der Waals surface area contributed by atoms with Crippen LogP contribution >= 0.6 is 0 Å². The molecule has 2 saturated carbocycles. The maximum Gasteiger partial charge on any atom is 0.341 e. The number of ether oxygens (including phenoxy) is 2. The highest BCUT2D eigenvalue weighted by Crippen LogP contribution is 2.60.